The number of benzene rings is 2. The third-order valence-electron chi connectivity index (χ3n) is 3.60. The predicted molar refractivity (Wildman–Crippen MR) is 101 cm³/mol. The van der Waals surface area contributed by atoms with Gasteiger partial charge in [-0.15, -0.1) is 0 Å². The average molecular weight is 389 g/mol. The van der Waals surface area contributed by atoms with Crippen LogP contribution in [0.15, 0.2) is 58.0 Å². The van der Waals surface area contributed by atoms with E-state index >= 15 is 0 Å². The summed E-state index contributed by atoms with van der Waals surface area (Å²) in [4.78, 5) is 17.5. The Morgan fingerprint density at radius 1 is 1.12 bits per heavy atom. The number of primary amides is 1. The minimum Gasteiger partial charge on any atom is -0.366 e. The fourth-order valence-electron chi connectivity index (χ4n) is 2.29. The zero-order chi connectivity index (χ0) is 17.5. The Hall–Kier alpha value is -2.34. The number of carbonyl (C=O) groups is 1. The molecule has 6 heteroatoms. The van der Waals surface area contributed by atoms with Gasteiger partial charge in [0.25, 0.3) is 0 Å². The molecule has 0 aliphatic rings. The molecular weight excluding hydrogens is 368 g/mol. The minimum absolute atomic E-state index is 0.417. The number of aliphatic imine (C=N–C) groups is 1. The van der Waals surface area contributed by atoms with E-state index in [1.54, 1.807) is 19.2 Å². The predicted octanol–water partition coefficient (Wildman–Crippen LogP) is 2.76. The van der Waals surface area contributed by atoms with E-state index in [2.05, 4.69) is 43.3 Å². The number of amides is 1. The second kappa shape index (κ2) is 8.49. The van der Waals surface area contributed by atoms with Crippen LogP contribution in [0.3, 0.4) is 0 Å². The van der Waals surface area contributed by atoms with Crippen molar-refractivity contribution in [3.05, 3.63) is 69.7 Å². The van der Waals surface area contributed by atoms with E-state index in [0.29, 0.717) is 12.1 Å². The minimum atomic E-state index is -0.417. The van der Waals surface area contributed by atoms with Crippen molar-refractivity contribution in [1.82, 2.24) is 10.2 Å². The molecule has 0 saturated heterocycles. The molecule has 2 aromatic rings. The number of carbonyl (C=O) groups excluding carboxylic acids is 1. The maximum absolute atomic E-state index is 11.1. The summed E-state index contributed by atoms with van der Waals surface area (Å²) in [5, 5.41) is 3.32. The zero-order valence-corrected chi connectivity index (χ0v) is 15.4. The Kier molecular flexibility index (Phi) is 6.37. The summed E-state index contributed by atoms with van der Waals surface area (Å²) in [5.41, 5.74) is 8.01. The fraction of sp³-hybridized carbons (Fsp3) is 0.222. The molecule has 0 saturated carbocycles. The van der Waals surface area contributed by atoms with Gasteiger partial charge in [-0.3, -0.25) is 9.79 Å². The van der Waals surface area contributed by atoms with Crippen LogP contribution in [0.2, 0.25) is 0 Å². The lowest BCUT2D eigenvalue weighted by molar-refractivity contribution is 0.100. The quantitative estimate of drug-likeness (QED) is 0.610. The molecule has 1 amide bonds. The van der Waals surface area contributed by atoms with E-state index in [0.717, 1.165) is 22.5 Å². The van der Waals surface area contributed by atoms with Crippen molar-refractivity contribution in [2.24, 2.45) is 10.7 Å². The standard InChI is InChI=1S/C18H21BrN4O/c1-21-18(23(2)12-14-5-9-16(19)10-6-14)22-11-13-3-7-15(8-4-13)17(20)24/h3-10H,11-12H2,1-2H3,(H2,20,24)(H,21,22). The van der Waals surface area contributed by atoms with Crippen molar-refractivity contribution < 1.29 is 4.79 Å². The number of nitrogens with zero attached hydrogens (tertiary/aromatic N) is 2. The number of rotatable bonds is 5. The normalized spacial score (nSPS) is 11.2. The van der Waals surface area contributed by atoms with Gasteiger partial charge in [0.1, 0.15) is 0 Å². The first-order valence-electron chi connectivity index (χ1n) is 7.54. The Morgan fingerprint density at radius 3 is 2.25 bits per heavy atom. The molecule has 0 atom stereocenters. The van der Waals surface area contributed by atoms with Gasteiger partial charge < -0.3 is 16.0 Å². The summed E-state index contributed by atoms with van der Waals surface area (Å²) in [6.07, 6.45) is 0. The largest absolute Gasteiger partial charge is 0.366 e. The first-order valence-corrected chi connectivity index (χ1v) is 8.34. The lowest BCUT2D eigenvalue weighted by Crippen LogP contribution is -2.38. The van der Waals surface area contributed by atoms with Crippen LogP contribution in [-0.2, 0) is 13.1 Å². The van der Waals surface area contributed by atoms with E-state index in [-0.39, 0.29) is 0 Å². The van der Waals surface area contributed by atoms with Crippen LogP contribution in [0.1, 0.15) is 21.5 Å². The van der Waals surface area contributed by atoms with E-state index in [9.17, 15) is 4.79 Å². The van der Waals surface area contributed by atoms with E-state index in [4.69, 9.17) is 5.73 Å². The summed E-state index contributed by atoms with van der Waals surface area (Å²) in [6.45, 7) is 1.38. The fourth-order valence-corrected chi connectivity index (χ4v) is 2.56. The van der Waals surface area contributed by atoms with Crippen LogP contribution in [0.5, 0.6) is 0 Å². The van der Waals surface area contributed by atoms with Gasteiger partial charge in [-0.05, 0) is 35.4 Å². The Bertz CT molecular complexity index is 711. The average Bonchev–Trinajstić information content (AvgIpc) is 2.58. The highest BCUT2D eigenvalue weighted by molar-refractivity contribution is 9.10. The summed E-state index contributed by atoms with van der Waals surface area (Å²) >= 11 is 3.44. The molecule has 3 N–H and O–H groups in total. The maximum atomic E-state index is 11.1. The molecule has 2 aromatic carbocycles. The number of guanidine groups is 1. The van der Waals surface area contributed by atoms with E-state index < -0.39 is 5.91 Å². The molecule has 0 spiro atoms. The second-order valence-corrected chi connectivity index (χ2v) is 6.36. The Labute approximate surface area is 150 Å². The van der Waals surface area contributed by atoms with Crippen molar-refractivity contribution in [2.45, 2.75) is 13.1 Å². The van der Waals surface area contributed by atoms with E-state index in [1.807, 2.05) is 31.3 Å². The van der Waals surface area contributed by atoms with Gasteiger partial charge in [-0.25, -0.2) is 0 Å². The molecule has 0 aromatic heterocycles. The van der Waals surface area contributed by atoms with Crippen molar-refractivity contribution in [2.75, 3.05) is 14.1 Å². The lowest BCUT2D eigenvalue weighted by atomic mass is 10.1. The number of hydrogen-bond donors (Lipinski definition) is 2. The van der Waals surface area contributed by atoms with Crippen LogP contribution in [0.4, 0.5) is 0 Å². The van der Waals surface area contributed by atoms with Crippen molar-refractivity contribution in [1.29, 1.82) is 0 Å². The van der Waals surface area contributed by atoms with Crippen molar-refractivity contribution in [3.63, 3.8) is 0 Å². The molecule has 2 rings (SSSR count). The van der Waals surface area contributed by atoms with Crippen LogP contribution in [0.25, 0.3) is 0 Å². The maximum Gasteiger partial charge on any atom is 0.248 e. The first kappa shape index (κ1) is 18.0. The molecule has 0 aliphatic carbocycles. The molecule has 5 nitrogen and oxygen atoms in total. The van der Waals surface area contributed by atoms with Crippen LogP contribution >= 0.6 is 15.9 Å². The summed E-state index contributed by atoms with van der Waals surface area (Å²) in [5.74, 6) is 0.386. The summed E-state index contributed by atoms with van der Waals surface area (Å²) < 4.78 is 1.07. The molecule has 0 bridgehead atoms. The smallest absolute Gasteiger partial charge is 0.248 e. The highest BCUT2D eigenvalue weighted by Crippen LogP contribution is 2.12. The zero-order valence-electron chi connectivity index (χ0n) is 13.8. The molecule has 0 heterocycles. The topological polar surface area (TPSA) is 70.7 Å². The van der Waals surface area contributed by atoms with Crippen molar-refractivity contribution in [3.8, 4) is 0 Å². The Balaban J connectivity index is 1.93. The third kappa shape index (κ3) is 5.09. The second-order valence-electron chi connectivity index (χ2n) is 5.44. The molecule has 24 heavy (non-hydrogen) atoms. The van der Waals surface area contributed by atoms with Gasteiger partial charge in [-0.1, -0.05) is 40.2 Å². The molecule has 0 fully saturated rings. The Morgan fingerprint density at radius 2 is 1.71 bits per heavy atom. The third-order valence-corrected chi connectivity index (χ3v) is 4.12. The highest BCUT2D eigenvalue weighted by atomic mass is 79.9. The molecule has 0 unspecified atom stereocenters. The number of hydrogen-bond acceptors (Lipinski definition) is 2. The lowest BCUT2D eigenvalue weighted by Gasteiger charge is -2.22. The number of nitrogens with two attached hydrogens (primary N) is 1. The first-order chi connectivity index (χ1) is 11.5. The molecule has 0 radical (unpaired) electrons. The van der Waals surface area contributed by atoms with Crippen molar-refractivity contribution >= 4 is 27.8 Å². The SMILES string of the molecule is CN=C(NCc1ccc(C(N)=O)cc1)N(C)Cc1ccc(Br)cc1. The van der Waals surface area contributed by atoms with Gasteiger partial charge in [0, 0.05) is 37.2 Å². The number of nitrogens with one attached hydrogen (secondary N) is 1. The van der Waals surface area contributed by atoms with Gasteiger partial charge in [0.2, 0.25) is 5.91 Å². The van der Waals surface area contributed by atoms with Gasteiger partial charge in [0.05, 0.1) is 0 Å². The van der Waals surface area contributed by atoms with Crippen LogP contribution in [-0.4, -0.2) is 30.9 Å². The summed E-state index contributed by atoms with van der Waals surface area (Å²) in [6, 6.07) is 15.4. The van der Waals surface area contributed by atoms with Crippen LogP contribution < -0.4 is 11.1 Å². The molecular formula is C18H21BrN4O. The number of halogens is 1. The highest BCUT2D eigenvalue weighted by Gasteiger charge is 2.07. The summed E-state index contributed by atoms with van der Waals surface area (Å²) in [7, 11) is 3.75. The van der Waals surface area contributed by atoms with Crippen LogP contribution in [0, 0.1) is 0 Å². The van der Waals surface area contributed by atoms with Gasteiger partial charge >= 0.3 is 0 Å². The molecule has 126 valence electrons. The van der Waals surface area contributed by atoms with E-state index in [1.165, 1.54) is 5.56 Å². The van der Waals surface area contributed by atoms with Gasteiger partial charge in [-0.2, -0.15) is 0 Å². The van der Waals surface area contributed by atoms with Gasteiger partial charge in [0.15, 0.2) is 5.96 Å². The molecule has 0 aliphatic heterocycles. The monoisotopic (exact) mass is 388 g/mol.